The third kappa shape index (κ3) is 5.38. The minimum atomic E-state index is -4.24. The van der Waals surface area contributed by atoms with E-state index in [0.29, 0.717) is 0 Å². The summed E-state index contributed by atoms with van der Waals surface area (Å²) in [5, 5.41) is 7.08. The van der Waals surface area contributed by atoms with E-state index in [2.05, 4.69) is 0 Å². The van der Waals surface area contributed by atoms with Crippen molar-refractivity contribution in [3.8, 4) is 0 Å². The van der Waals surface area contributed by atoms with Crippen LogP contribution in [0, 0.1) is 5.92 Å². The van der Waals surface area contributed by atoms with Gasteiger partial charge in [-0.15, -0.1) is 11.8 Å². The van der Waals surface area contributed by atoms with Gasteiger partial charge in [-0.2, -0.15) is 13.2 Å². The van der Waals surface area contributed by atoms with Crippen molar-refractivity contribution in [1.29, 1.82) is 0 Å². The number of aliphatic hydroxyl groups is 1. The van der Waals surface area contributed by atoms with Crippen LogP contribution >= 0.6 is 11.8 Å². The lowest BCUT2D eigenvalue weighted by molar-refractivity contribution is -0.126. The van der Waals surface area contributed by atoms with E-state index in [9.17, 15) is 13.2 Å². The molecule has 80 valence electrons. The lowest BCUT2D eigenvalue weighted by atomic mass is 10.2. The van der Waals surface area contributed by atoms with E-state index in [-0.39, 0.29) is 18.3 Å². The SMILES string of the molecule is CC(CO)CSC(CN)C(F)(F)F. The first-order valence-corrected chi connectivity index (χ1v) is 4.96. The monoisotopic (exact) mass is 217 g/mol. The molecule has 6 heteroatoms. The minimum absolute atomic E-state index is 0.0951. The van der Waals surface area contributed by atoms with Gasteiger partial charge in [-0.05, 0) is 11.7 Å². The molecule has 0 bridgehead atoms. The van der Waals surface area contributed by atoms with E-state index < -0.39 is 18.0 Å². The second-order valence-electron chi connectivity index (χ2n) is 2.89. The van der Waals surface area contributed by atoms with Crippen LogP contribution in [0.15, 0.2) is 0 Å². The molecule has 0 saturated carbocycles. The smallest absolute Gasteiger partial charge is 0.396 e. The molecule has 13 heavy (non-hydrogen) atoms. The van der Waals surface area contributed by atoms with Crippen molar-refractivity contribution in [1.82, 2.24) is 0 Å². The molecule has 0 aromatic rings. The number of halogens is 3. The standard InChI is InChI=1S/C7H14F3NOS/c1-5(3-12)4-13-6(2-11)7(8,9)10/h5-6,12H,2-4,11H2,1H3. The molecule has 0 spiro atoms. The van der Waals surface area contributed by atoms with Crippen molar-refractivity contribution < 1.29 is 18.3 Å². The van der Waals surface area contributed by atoms with Crippen molar-refractivity contribution >= 4 is 11.8 Å². The maximum atomic E-state index is 12.1. The Morgan fingerprint density at radius 3 is 2.31 bits per heavy atom. The van der Waals surface area contributed by atoms with Gasteiger partial charge < -0.3 is 10.8 Å². The molecule has 0 aromatic carbocycles. The molecule has 2 atom stereocenters. The molecule has 0 saturated heterocycles. The first-order chi connectivity index (χ1) is 5.91. The Labute approximate surface area is 79.7 Å². The Kier molecular flexibility index (Phi) is 5.75. The fourth-order valence-corrected chi connectivity index (χ4v) is 1.62. The molecular weight excluding hydrogens is 203 g/mol. The van der Waals surface area contributed by atoms with Gasteiger partial charge >= 0.3 is 6.18 Å². The number of hydrogen-bond donors (Lipinski definition) is 2. The summed E-state index contributed by atoms with van der Waals surface area (Å²) in [6.07, 6.45) is -4.24. The zero-order valence-corrected chi connectivity index (χ0v) is 8.16. The van der Waals surface area contributed by atoms with Crippen molar-refractivity contribution in [2.45, 2.75) is 18.3 Å². The largest absolute Gasteiger partial charge is 0.401 e. The highest BCUT2D eigenvalue weighted by Gasteiger charge is 2.38. The molecule has 0 amide bonds. The summed E-state index contributed by atoms with van der Waals surface area (Å²) < 4.78 is 36.3. The van der Waals surface area contributed by atoms with E-state index in [1.54, 1.807) is 6.92 Å². The van der Waals surface area contributed by atoms with E-state index in [0.717, 1.165) is 11.8 Å². The summed E-state index contributed by atoms with van der Waals surface area (Å²) in [6.45, 7) is 1.19. The molecule has 2 nitrogen and oxygen atoms in total. The van der Waals surface area contributed by atoms with Gasteiger partial charge in [0.1, 0.15) is 5.25 Å². The van der Waals surface area contributed by atoms with Crippen molar-refractivity contribution in [2.75, 3.05) is 18.9 Å². The van der Waals surface area contributed by atoms with Gasteiger partial charge in [0, 0.05) is 13.2 Å². The Morgan fingerprint density at radius 2 is 2.00 bits per heavy atom. The van der Waals surface area contributed by atoms with Crippen LogP contribution < -0.4 is 5.73 Å². The number of rotatable bonds is 5. The van der Waals surface area contributed by atoms with Crippen LogP contribution in [0.3, 0.4) is 0 Å². The van der Waals surface area contributed by atoms with Crippen LogP contribution in [0.5, 0.6) is 0 Å². The van der Waals surface area contributed by atoms with E-state index in [1.165, 1.54) is 0 Å². The predicted molar refractivity (Wildman–Crippen MR) is 47.6 cm³/mol. The van der Waals surface area contributed by atoms with Crippen molar-refractivity contribution in [2.24, 2.45) is 11.7 Å². The van der Waals surface area contributed by atoms with Crippen LogP contribution in [0.4, 0.5) is 13.2 Å². The second kappa shape index (κ2) is 5.72. The first kappa shape index (κ1) is 13.1. The van der Waals surface area contributed by atoms with E-state index in [1.807, 2.05) is 0 Å². The number of hydrogen-bond acceptors (Lipinski definition) is 3. The highest BCUT2D eigenvalue weighted by Crippen LogP contribution is 2.30. The lowest BCUT2D eigenvalue weighted by Gasteiger charge is -2.19. The third-order valence-electron chi connectivity index (χ3n) is 1.47. The van der Waals surface area contributed by atoms with Crippen LogP contribution in [0.1, 0.15) is 6.92 Å². The molecule has 0 aliphatic heterocycles. The fraction of sp³-hybridized carbons (Fsp3) is 1.00. The molecule has 0 rings (SSSR count). The molecule has 0 aliphatic rings. The number of thioether (sulfide) groups is 1. The Bertz CT molecular complexity index is 142. The van der Waals surface area contributed by atoms with Crippen molar-refractivity contribution in [3.63, 3.8) is 0 Å². The number of alkyl halides is 3. The van der Waals surface area contributed by atoms with Crippen LogP contribution in [0.2, 0.25) is 0 Å². The first-order valence-electron chi connectivity index (χ1n) is 3.91. The summed E-state index contributed by atoms with van der Waals surface area (Å²) in [7, 11) is 0. The molecule has 0 heterocycles. The van der Waals surface area contributed by atoms with E-state index in [4.69, 9.17) is 10.8 Å². The highest BCUT2D eigenvalue weighted by molar-refractivity contribution is 8.00. The van der Waals surface area contributed by atoms with Crippen LogP contribution in [-0.4, -0.2) is 35.4 Å². The average Bonchev–Trinajstić information content (AvgIpc) is 2.02. The minimum Gasteiger partial charge on any atom is -0.396 e. The topological polar surface area (TPSA) is 46.2 Å². The molecule has 3 N–H and O–H groups in total. The van der Waals surface area contributed by atoms with Gasteiger partial charge in [-0.3, -0.25) is 0 Å². The van der Waals surface area contributed by atoms with Crippen LogP contribution in [-0.2, 0) is 0 Å². The zero-order valence-electron chi connectivity index (χ0n) is 7.34. The third-order valence-corrected chi connectivity index (χ3v) is 3.10. The van der Waals surface area contributed by atoms with Gasteiger partial charge in [0.2, 0.25) is 0 Å². The van der Waals surface area contributed by atoms with Crippen LogP contribution in [0.25, 0.3) is 0 Å². The Hall–Kier alpha value is 0.0600. The van der Waals surface area contributed by atoms with Gasteiger partial charge in [0.15, 0.2) is 0 Å². The summed E-state index contributed by atoms with van der Waals surface area (Å²) in [5.41, 5.74) is 4.98. The lowest BCUT2D eigenvalue weighted by Crippen LogP contribution is -2.33. The second-order valence-corrected chi connectivity index (χ2v) is 4.12. The summed E-state index contributed by atoms with van der Waals surface area (Å²) >= 11 is 0.751. The van der Waals surface area contributed by atoms with Gasteiger partial charge in [0.05, 0.1) is 0 Å². The maximum absolute atomic E-state index is 12.1. The van der Waals surface area contributed by atoms with Crippen molar-refractivity contribution in [3.05, 3.63) is 0 Å². The maximum Gasteiger partial charge on any atom is 0.401 e. The number of nitrogens with two attached hydrogens (primary N) is 1. The molecule has 2 unspecified atom stereocenters. The quantitative estimate of drug-likeness (QED) is 0.728. The fourth-order valence-electron chi connectivity index (χ4n) is 0.629. The average molecular weight is 217 g/mol. The number of aliphatic hydroxyl groups excluding tert-OH is 1. The molecule has 0 radical (unpaired) electrons. The Morgan fingerprint density at radius 1 is 1.46 bits per heavy atom. The molecule has 0 aliphatic carbocycles. The Balaban J connectivity index is 3.86. The van der Waals surface area contributed by atoms with E-state index >= 15 is 0 Å². The summed E-state index contributed by atoms with van der Waals surface area (Å²) in [4.78, 5) is 0. The highest BCUT2D eigenvalue weighted by atomic mass is 32.2. The zero-order chi connectivity index (χ0) is 10.5. The normalized spacial score (nSPS) is 17.1. The van der Waals surface area contributed by atoms with Gasteiger partial charge in [-0.1, -0.05) is 6.92 Å². The predicted octanol–water partition coefficient (Wildman–Crippen LogP) is 1.24. The van der Waals surface area contributed by atoms with Gasteiger partial charge in [0.25, 0.3) is 0 Å². The summed E-state index contributed by atoms with van der Waals surface area (Å²) in [5.74, 6) is 0.152. The van der Waals surface area contributed by atoms with Gasteiger partial charge in [-0.25, -0.2) is 0 Å². The molecular formula is C7H14F3NOS. The summed E-state index contributed by atoms with van der Waals surface area (Å²) in [6, 6.07) is 0. The molecule has 0 aromatic heterocycles. The molecule has 0 fully saturated rings.